The quantitative estimate of drug-likeness (QED) is 0.0516. The lowest BCUT2D eigenvalue weighted by molar-refractivity contribution is -0.284. The van der Waals surface area contributed by atoms with E-state index in [1.165, 1.54) is 0 Å². The highest BCUT2D eigenvalue weighted by atomic mass is 16.8. The SMILES string of the molecule is NCCN(O)C(=O)N[C@@H]1C[C@H](N)[C@@H](O[C@H]2O[C@H](CN)C=C[C@H]2N)[C@H](O[C@@H]2O[C@H](CO)[C@@H](O[C@H]3O[C@@H](CN)[C@@H](O)[C@H](O)[C@H]3N)[C@H]2O)[C@H]1O. The van der Waals surface area contributed by atoms with Gasteiger partial charge in [-0.3, -0.25) is 5.21 Å². The van der Waals surface area contributed by atoms with Crippen LogP contribution in [0.1, 0.15) is 6.42 Å². The van der Waals surface area contributed by atoms with Crippen LogP contribution in [0.4, 0.5) is 4.79 Å². The molecule has 17 atom stereocenters. The Morgan fingerprint density at radius 2 is 1.47 bits per heavy atom. The van der Waals surface area contributed by atoms with Crippen molar-refractivity contribution in [3.8, 4) is 0 Å². The number of nitrogens with one attached hydrogen (secondary N) is 1. The van der Waals surface area contributed by atoms with E-state index in [9.17, 15) is 35.5 Å². The molecule has 0 aromatic rings. The molecule has 0 aromatic heterocycles. The van der Waals surface area contributed by atoms with Crippen molar-refractivity contribution in [3.05, 3.63) is 12.2 Å². The standard InChI is InChI=1S/C26H50N8O13/c27-3-4-34(41)26(40)33-12-5-11(31)20(45-23-10(30)2-1-9(6-28)42-23)22(16(12)36)47-25-19(39)21(14(8-35)44-25)46-24-15(32)18(38)17(37)13(7-29)43-24/h1-2,9-25,35-39,41H,3-8,27-32H2,(H,33,40)/t9-,10+,11-,12+,13-,14+,15+,16-,17+,18+,19+,20+,21+,22+,23+,24+,25-/m0/s1. The van der Waals surface area contributed by atoms with Gasteiger partial charge in [-0.05, 0) is 6.42 Å². The Bertz CT molecular complexity index is 1040. The largest absolute Gasteiger partial charge is 0.394 e. The first-order chi connectivity index (χ1) is 22.3. The summed E-state index contributed by atoms with van der Waals surface area (Å²) >= 11 is 0. The number of aliphatic hydroxyl groups is 5. The Balaban J connectivity index is 1.55. The number of amides is 2. The molecule has 0 bridgehead atoms. The molecule has 47 heavy (non-hydrogen) atoms. The van der Waals surface area contributed by atoms with E-state index in [0.29, 0.717) is 5.06 Å². The number of nitrogens with zero attached hydrogens (tertiary/aromatic N) is 1. The minimum atomic E-state index is -1.66. The maximum absolute atomic E-state index is 12.6. The smallest absolute Gasteiger partial charge is 0.341 e. The van der Waals surface area contributed by atoms with E-state index in [-0.39, 0.29) is 32.6 Å². The lowest BCUT2D eigenvalue weighted by Gasteiger charge is -2.46. The highest BCUT2D eigenvalue weighted by molar-refractivity contribution is 5.73. The zero-order valence-electron chi connectivity index (χ0n) is 25.7. The Labute approximate surface area is 270 Å². The number of carbonyl (C=O) groups excluding carboxylic acids is 1. The molecule has 3 aliphatic heterocycles. The number of carbonyl (C=O) groups is 1. The Kier molecular flexibility index (Phi) is 13.6. The number of hydrogen-bond donors (Lipinski definition) is 13. The fourth-order valence-corrected chi connectivity index (χ4v) is 5.95. The van der Waals surface area contributed by atoms with Gasteiger partial charge in [0.15, 0.2) is 18.9 Å². The van der Waals surface area contributed by atoms with Crippen molar-refractivity contribution in [2.45, 2.75) is 110 Å². The first-order valence-electron chi connectivity index (χ1n) is 15.4. The first kappa shape index (κ1) is 38.1. The fourth-order valence-electron chi connectivity index (χ4n) is 5.95. The summed E-state index contributed by atoms with van der Waals surface area (Å²) < 4.78 is 35.3. The molecule has 19 N–H and O–H groups in total. The predicted molar refractivity (Wildman–Crippen MR) is 157 cm³/mol. The summed E-state index contributed by atoms with van der Waals surface area (Å²) in [5.41, 5.74) is 35.5. The van der Waals surface area contributed by atoms with Crippen molar-refractivity contribution < 1.29 is 64.0 Å². The zero-order valence-corrected chi connectivity index (χ0v) is 25.7. The second-order valence-electron chi connectivity index (χ2n) is 12.0. The average molecular weight is 683 g/mol. The van der Waals surface area contributed by atoms with Crippen molar-refractivity contribution >= 4 is 6.03 Å². The molecule has 3 heterocycles. The molecule has 0 unspecified atom stereocenters. The molecule has 1 saturated carbocycles. The predicted octanol–water partition coefficient (Wildman–Crippen LogP) is -7.66. The topological polar surface area (TPSA) is 365 Å². The third kappa shape index (κ3) is 8.54. The van der Waals surface area contributed by atoms with E-state index in [2.05, 4.69) is 5.32 Å². The maximum Gasteiger partial charge on any atom is 0.341 e. The van der Waals surface area contributed by atoms with E-state index in [1.54, 1.807) is 12.2 Å². The fraction of sp³-hybridized carbons (Fsp3) is 0.885. The molecular formula is C26H50N8O13. The molecule has 2 saturated heterocycles. The summed E-state index contributed by atoms with van der Waals surface area (Å²) in [6.07, 6.45) is -13.6. The van der Waals surface area contributed by atoms with Gasteiger partial charge in [0.1, 0.15) is 54.9 Å². The number of hydrogen-bond acceptors (Lipinski definition) is 19. The molecule has 0 radical (unpaired) electrons. The lowest BCUT2D eigenvalue weighted by Crippen LogP contribution is -2.67. The number of urea groups is 1. The highest BCUT2D eigenvalue weighted by Crippen LogP contribution is 2.34. The van der Waals surface area contributed by atoms with Crippen molar-refractivity contribution in [2.75, 3.05) is 32.8 Å². The van der Waals surface area contributed by atoms with Crippen molar-refractivity contribution in [2.24, 2.45) is 34.4 Å². The summed E-state index contributed by atoms with van der Waals surface area (Å²) in [6.45, 7) is -0.959. The van der Waals surface area contributed by atoms with E-state index in [4.69, 9.17) is 62.8 Å². The van der Waals surface area contributed by atoms with Gasteiger partial charge in [0.2, 0.25) is 0 Å². The molecule has 0 spiro atoms. The van der Waals surface area contributed by atoms with Gasteiger partial charge >= 0.3 is 6.03 Å². The molecule has 0 aromatic carbocycles. The van der Waals surface area contributed by atoms with Crippen LogP contribution in [-0.2, 0) is 28.4 Å². The van der Waals surface area contributed by atoms with Gasteiger partial charge < -0.3 is 93.7 Å². The molecule has 21 nitrogen and oxygen atoms in total. The van der Waals surface area contributed by atoms with Crippen molar-refractivity contribution in [3.63, 3.8) is 0 Å². The van der Waals surface area contributed by atoms with E-state index in [1.807, 2.05) is 0 Å². The van der Waals surface area contributed by atoms with Crippen LogP contribution in [0.25, 0.3) is 0 Å². The molecule has 4 aliphatic rings. The number of hydroxylamine groups is 2. The third-order valence-electron chi connectivity index (χ3n) is 8.63. The van der Waals surface area contributed by atoms with Crippen LogP contribution in [0.2, 0.25) is 0 Å². The molecule has 4 rings (SSSR count). The molecule has 272 valence electrons. The van der Waals surface area contributed by atoms with Crippen LogP contribution in [0.5, 0.6) is 0 Å². The lowest BCUT2D eigenvalue weighted by atomic mass is 9.83. The number of rotatable bonds is 12. The van der Waals surface area contributed by atoms with E-state index >= 15 is 0 Å². The normalized spacial score (nSPS) is 45.6. The molecule has 1 aliphatic carbocycles. The Morgan fingerprint density at radius 3 is 2.11 bits per heavy atom. The average Bonchev–Trinajstić information content (AvgIpc) is 3.35. The van der Waals surface area contributed by atoms with Gasteiger partial charge in [0.05, 0.1) is 37.4 Å². The van der Waals surface area contributed by atoms with Gasteiger partial charge in [-0.2, -0.15) is 0 Å². The van der Waals surface area contributed by atoms with Gasteiger partial charge in [-0.1, -0.05) is 12.2 Å². The Morgan fingerprint density at radius 1 is 0.809 bits per heavy atom. The number of nitrogens with two attached hydrogens (primary N) is 6. The molecule has 21 heteroatoms. The van der Waals surface area contributed by atoms with Gasteiger partial charge in [-0.25, -0.2) is 9.86 Å². The zero-order chi connectivity index (χ0) is 34.6. The van der Waals surface area contributed by atoms with Crippen LogP contribution >= 0.6 is 0 Å². The highest BCUT2D eigenvalue weighted by Gasteiger charge is 2.54. The number of aliphatic hydroxyl groups excluding tert-OH is 5. The summed E-state index contributed by atoms with van der Waals surface area (Å²) in [5.74, 6) is 0. The van der Waals surface area contributed by atoms with Crippen LogP contribution in [0.3, 0.4) is 0 Å². The summed E-state index contributed by atoms with van der Waals surface area (Å²) in [5, 5.41) is 66.2. The number of ether oxygens (including phenoxy) is 6. The first-order valence-corrected chi connectivity index (χ1v) is 15.4. The monoisotopic (exact) mass is 682 g/mol. The second kappa shape index (κ2) is 16.8. The van der Waals surface area contributed by atoms with Gasteiger partial charge in [0.25, 0.3) is 0 Å². The van der Waals surface area contributed by atoms with Gasteiger partial charge in [0, 0.05) is 25.7 Å². The second-order valence-corrected chi connectivity index (χ2v) is 12.0. The summed E-state index contributed by atoms with van der Waals surface area (Å²) in [4.78, 5) is 12.6. The molecule has 3 fully saturated rings. The van der Waals surface area contributed by atoms with Gasteiger partial charge in [-0.15, -0.1) is 0 Å². The summed E-state index contributed by atoms with van der Waals surface area (Å²) in [7, 11) is 0. The van der Waals surface area contributed by atoms with E-state index in [0.717, 1.165) is 0 Å². The van der Waals surface area contributed by atoms with Crippen LogP contribution < -0.4 is 39.7 Å². The Hall–Kier alpha value is -1.71. The minimum Gasteiger partial charge on any atom is -0.394 e. The van der Waals surface area contributed by atoms with Crippen LogP contribution in [0.15, 0.2) is 12.2 Å². The third-order valence-corrected chi connectivity index (χ3v) is 8.63. The maximum atomic E-state index is 12.6. The van der Waals surface area contributed by atoms with Crippen molar-refractivity contribution in [1.82, 2.24) is 10.4 Å². The van der Waals surface area contributed by atoms with Crippen LogP contribution in [0, 0.1) is 0 Å². The van der Waals surface area contributed by atoms with E-state index < -0.39 is 117 Å². The van der Waals surface area contributed by atoms with Crippen LogP contribution in [-0.4, -0.2) is 179 Å². The minimum absolute atomic E-state index is 0.0341. The van der Waals surface area contributed by atoms with Crippen molar-refractivity contribution in [1.29, 1.82) is 0 Å². The molecular weight excluding hydrogens is 632 g/mol. The molecule has 2 amide bonds. The summed E-state index contributed by atoms with van der Waals surface area (Å²) in [6, 6.07) is -5.02.